The molecule has 0 bridgehead atoms. The highest BCUT2D eigenvalue weighted by atomic mass is 16.5. The topological polar surface area (TPSA) is 107 Å². The number of anilines is 1. The summed E-state index contributed by atoms with van der Waals surface area (Å²) in [7, 11) is 0. The van der Waals surface area contributed by atoms with Crippen LogP contribution in [-0.4, -0.2) is 25.3 Å². The number of aryl methyl sites for hydroxylation is 2. The summed E-state index contributed by atoms with van der Waals surface area (Å²) >= 11 is 0. The number of nitrogen functional groups attached to an aromatic ring is 1. The molecular weight excluding hydrogens is 244 g/mol. The van der Waals surface area contributed by atoms with Crippen molar-refractivity contribution in [3.8, 4) is 11.6 Å². The largest absolute Gasteiger partial charge is 0.399 e. The average Bonchev–Trinajstić information content (AvgIpc) is 3.09. The fourth-order valence-corrected chi connectivity index (χ4v) is 1.77. The third-order valence-corrected chi connectivity index (χ3v) is 2.76. The minimum absolute atomic E-state index is 0.411. The van der Waals surface area contributed by atoms with Gasteiger partial charge in [-0.1, -0.05) is 23.4 Å². The molecule has 3 rings (SSSR count). The molecule has 7 heteroatoms. The SMILES string of the molecule is Nc1ccccc1CCc1nc(-c2ncn[nH]2)no1. The molecule has 0 aliphatic heterocycles. The van der Waals surface area contributed by atoms with Crippen molar-refractivity contribution < 1.29 is 4.52 Å². The van der Waals surface area contributed by atoms with Crippen LogP contribution in [0.3, 0.4) is 0 Å². The number of hydrogen-bond acceptors (Lipinski definition) is 6. The third kappa shape index (κ3) is 2.44. The van der Waals surface area contributed by atoms with Crippen molar-refractivity contribution in [3.05, 3.63) is 42.0 Å². The zero-order valence-corrected chi connectivity index (χ0v) is 10.1. The standard InChI is InChI=1S/C12H12N6O/c13-9-4-2-1-3-8(9)5-6-10-16-12(18-19-10)11-14-7-15-17-11/h1-4,7H,5-6,13H2,(H,14,15,17). The van der Waals surface area contributed by atoms with Gasteiger partial charge in [0.2, 0.25) is 11.7 Å². The number of hydrogen-bond donors (Lipinski definition) is 2. The number of nitrogens with zero attached hydrogens (tertiary/aromatic N) is 4. The van der Waals surface area contributed by atoms with Crippen molar-refractivity contribution in [2.75, 3.05) is 5.73 Å². The van der Waals surface area contributed by atoms with Gasteiger partial charge in [-0.25, -0.2) is 4.98 Å². The zero-order valence-electron chi connectivity index (χ0n) is 10.1. The quantitative estimate of drug-likeness (QED) is 0.680. The second-order valence-corrected chi connectivity index (χ2v) is 4.04. The number of aromatic nitrogens is 5. The molecule has 0 unspecified atom stereocenters. The van der Waals surface area contributed by atoms with E-state index in [1.165, 1.54) is 6.33 Å². The zero-order chi connectivity index (χ0) is 13.1. The lowest BCUT2D eigenvalue weighted by Gasteiger charge is -2.02. The minimum Gasteiger partial charge on any atom is -0.399 e. The molecule has 3 aromatic rings. The molecular formula is C12H12N6O. The second-order valence-electron chi connectivity index (χ2n) is 4.04. The Morgan fingerprint density at radius 1 is 1.21 bits per heavy atom. The van der Waals surface area contributed by atoms with Crippen molar-refractivity contribution in [3.63, 3.8) is 0 Å². The molecule has 3 N–H and O–H groups in total. The molecule has 0 saturated heterocycles. The van der Waals surface area contributed by atoms with Gasteiger partial charge in [-0.15, -0.1) is 0 Å². The molecule has 0 spiro atoms. The van der Waals surface area contributed by atoms with Gasteiger partial charge in [0.15, 0.2) is 5.82 Å². The molecule has 0 amide bonds. The molecule has 2 heterocycles. The Morgan fingerprint density at radius 3 is 2.89 bits per heavy atom. The number of nitrogens with one attached hydrogen (secondary N) is 1. The monoisotopic (exact) mass is 256 g/mol. The third-order valence-electron chi connectivity index (χ3n) is 2.76. The van der Waals surface area contributed by atoms with E-state index in [9.17, 15) is 0 Å². The summed E-state index contributed by atoms with van der Waals surface area (Å²) in [6.07, 6.45) is 2.79. The van der Waals surface area contributed by atoms with E-state index < -0.39 is 0 Å². The van der Waals surface area contributed by atoms with Gasteiger partial charge >= 0.3 is 0 Å². The average molecular weight is 256 g/mol. The van der Waals surface area contributed by atoms with Gasteiger partial charge in [-0.3, -0.25) is 5.10 Å². The van der Waals surface area contributed by atoms with Crippen molar-refractivity contribution in [2.24, 2.45) is 0 Å². The number of nitrogens with two attached hydrogens (primary N) is 1. The summed E-state index contributed by atoms with van der Waals surface area (Å²) in [6.45, 7) is 0. The van der Waals surface area contributed by atoms with E-state index in [1.807, 2.05) is 24.3 Å². The number of para-hydroxylation sites is 1. The highest BCUT2D eigenvalue weighted by Crippen LogP contribution is 2.15. The van der Waals surface area contributed by atoms with Gasteiger partial charge in [0, 0.05) is 12.1 Å². The summed E-state index contributed by atoms with van der Waals surface area (Å²) in [4.78, 5) is 8.21. The summed E-state index contributed by atoms with van der Waals surface area (Å²) in [5, 5.41) is 10.3. The second kappa shape index (κ2) is 4.89. The van der Waals surface area contributed by atoms with E-state index in [2.05, 4.69) is 25.3 Å². The van der Waals surface area contributed by atoms with Crippen LogP contribution >= 0.6 is 0 Å². The van der Waals surface area contributed by atoms with E-state index in [0.717, 1.165) is 17.7 Å². The van der Waals surface area contributed by atoms with Crippen LogP contribution in [0.1, 0.15) is 11.5 Å². The molecule has 96 valence electrons. The van der Waals surface area contributed by atoms with Crippen LogP contribution < -0.4 is 5.73 Å². The predicted molar refractivity (Wildman–Crippen MR) is 67.9 cm³/mol. The minimum atomic E-state index is 0.411. The van der Waals surface area contributed by atoms with E-state index in [4.69, 9.17) is 10.3 Å². The molecule has 1 aromatic carbocycles. The Bertz CT molecular complexity index is 660. The first-order valence-corrected chi connectivity index (χ1v) is 5.84. The number of H-pyrrole nitrogens is 1. The van der Waals surface area contributed by atoms with Crippen LogP contribution in [0.4, 0.5) is 5.69 Å². The lowest BCUT2D eigenvalue weighted by atomic mass is 10.1. The van der Waals surface area contributed by atoms with Gasteiger partial charge in [0.1, 0.15) is 6.33 Å². The van der Waals surface area contributed by atoms with Crippen LogP contribution in [0.2, 0.25) is 0 Å². The van der Waals surface area contributed by atoms with Crippen LogP contribution in [0.25, 0.3) is 11.6 Å². The summed E-state index contributed by atoms with van der Waals surface area (Å²) in [5.74, 6) is 1.46. The maximum Gasteiger partial charge on any atom is 0.239 e. The van der Waals surface area contributed by atoms with E-state index in [-0.39, 0.29) is 0 Å². The maximum atomic E-state index is 5.88. The number of benzene rings is 1. The van der Waals surface area contributed by atoms with Gasteiger partial charge in [-0.2, -0.15) is 10.1 Å². The van der Waals surface area contributed by atoms with Crippen LogP contribution in [0.5, 0.6) is 0 Å². The number of aromatic amines is 1. The molecule has 0 aliphatic carbocycles. The Kier molecular flexibility index (Phi) is 2.93. The molecule has 0 radical (unpaired) electrons. The van der Waals surface area contributed by atoms with Gasteiger partial charge < -0.3 is 10.3 Å². The van der Waals surface area contributed by atoms with E-state index in [0.29, 0.717) is 24.0 Å². The molecule has 0 atom stereocenters. The normalized spacial score (nSPS) is 10.7. The Hall–Kier alpha value is -2.70. The molecule has 0 saturated carbocycles. The number of rotatable bonds is 4. The van der Waals surface area contributed by atoms with Crippen LogP contribution in [0, 0.1) is 0 Å². The van der Waals surface area contributed by atoms with Crippen molar-refractivity contribution in [1.82, 2.24) is 25.3 Å². The molecule has 2 aromatic heterocycles. The fraction of sp³-hybridized carbons (Fsp3) is 0.167. The molecule has 7 nitrogen and oxygen atoms in total. The first-order valence-electron chi connectivity index (χ1n) is 5.84. The van der Waals surface area contributed by atoms with Crippen molar-refractivity contribution in [1.29, 1.82) is 0 Å². The Labute approximate surface area is 108 Å². The summed E-state index contributed by atoms with van der Waals surface area (Å²) in [6, 6.07) is 7.74. The summed E-state index contributed by atoms with van der Waals surface area (Å²) in [5.41, 5.74) is 7.72. The highest BCUT2D eigenvalue weighted by Gasteiger charge is 2.11. The van der Waals surface area contributed by atoms with Crippen molar-refractivity contribution >= 4 is 5.69 Å². The highest BCUT2D eigenvalue weighted by molar-refractivity contribution is 5.46. The molecule has 0 fully saturated rings. The summed E-state index contributed by atoms with van der Waals surface area (Å²) < 4.78 is 5.16. The smallest absolute Gasteiger partial charge is 0.239 e. The fourth-order valence-electron chi connectivity index (χ4n) is 1.77. The van der Waals surface area contributed by atoms with Crippen LogP contribution in [-0.2, 0) is 12.8 Å². The van der Waals surface area contributed by atoms with E-state index in [1.54, 1.807) is 0 Å². The molecule has 0 aliphatic rings. The first kappa shape index (κ1) is 11.4. The molecule has 19 heavy (non-hydrogen) atoms. The lowest BCUT2D eigenvalue weighted by molar-refractivity contribution is 0.378. The first-order chi connectivity index (χ1) is 9.33. The Balaban J connectivity index is 1.70. The van der Waals surface area contributed by atoms with Crippen LogP contribution in [0.15, 0.2) is 35.1 Å². The van der Waals surface area contributed by atoms with Gasteiger partial charge in [0.25, 0.3) is 0 Å². The van der Waals surface area contributed by atoms with Gasteiger partial charge in [-0.05, 0) is 18.1 Å². The maximum absolute atomic E-state index is 5.88. The van der Waals surface area contributed by atoms with Crippen molar-refractivity contribution in [2.45, 2.75) is 12.8 Å². The predicted octanol–water partition coefficient (Wildman–Crippen LogP) is 1.22. The van der Waals surface area contributed by atoms with Gasteiger partial charge in [0.05, 0.1) is 0 Å². The Morgan fingerprint density at radius 2 is 2.11 bits per heavy atom. The lowest BCUT2D eigenvalue weighted by Crippen LogP contribution is -1.97. The van der Waals surface area contributed by atoms with E-state index >= 15 is 0 Å².